The molecule has 0 unspecified atom stereocenters. The number of ether oxygens (including phenoxy) is 1. The molecule has 124 valence electrons. The summed E-state index contributed by atoms with van der Waals surface area (Å²) in [6.45, 7) is 3.72. The molecule has 1 aromatic carbocycles. The SMILES string of the molecule is CCCN(CC(=O)O)Cc1csc(COc2ccc(Cl)cc2)n1. The van der Waals surface area contributed by atoms with Gasteiger partial charge in [0.25, 0.3) is 0 Å². The van der Waals surface area contributed by atoms with Crippen molar-refractivity contribution in [2.24, 2.45) is 0 Å². The molecule has 5 nitrogen and oxygen atoms in total. The Bertz CT molecular complexity index is 631. The number of halogens is 1. The fourth-order valence-corrected chi connectivity index (χ4v) is 2.94. The van der Waals surface area contributed by atoms with Crippen LogP contribution in [0.25, 0.3) is 0 Å². The van der Waals surface area contributed by atoms with Crippen molar-refractivity contribution in [1.82, 2.24) is 9.88 Å². The Kier molecular flexibility index (Phi) is 6.83. The van der Waals surface area contributed by atoms with Crippen molar-refractivity contribution in [3.63, 3.8) is 0 Å². The summed E-state index contributed by atoms with van der Waals surface area (Å²) >= 11 is 7.34. The van der Waals surface area contributed by atoms with Crippen LogP contribution < -0.4 is 4.74 Å². The molecule has 0 aliphatic carbocycles. The predicted octanol–water partition coefficient (Wildman–Crippen LogP) is 3.67. The van der Waals surface area contributed by atoms with Crippen molar-refractivity contribution in [2.75, 3.05) is 13.1 Å². The molecule has 0 saturated carbocycles. The molecule has 0 atom stereocenters. The molecule has 2 rings (SSSR count). The number of carboxylic acid groups (broad SMARTS) is 1. The monoisotopic (exact) mass is 354 g/mol. The van der Waals surface area contributed by atoms with Crippen LogP contribution in [0.5, 0.6) is 5.75 Å². The second kappa shape index (κ2) is 8.86. The molecule has 2 aromatic rings. The molecular formula is C16H19ClN2O3S. The Balaban J connectivity index is 1.88. The maximum atomic E-state index is 10.9. The van der Waals surface area contributed by atoms with Gasteiger partial charge in [-0.2, -0.15) is 0 Å². The van der Waals surface area contributed by atoms with Gasteiger partial charge in [-0.05, 0) is 37.2 Å². The molecule has 1 heterocycles. The molecular weight excluding hydrogens is 336 g/mol. The van der Waals surface area contributed by atoms with Crippen molar-refractivity contribution >= 4 is 28.9 Å². The van der Waals surface area contributed by atoms with Gasteiger partial charge in [0.2, 0.25) is 0 Å². The van der Waals surface area contributed by atoms with Gasteiger partial charge in [-0.3, -0.25) is 9.69 Å². The third-order valence-electron chi connectivity index (χ3n) is 3.06. The zero-order valence-corrected chi connectivity index (χ0v) is 14.4. The van der Waals surface area contributed by atoms with Crippen LogP contribution in [-0.4, -0.2) is 34.0 Å². The van der Waals surface area contributed by atoms with Gasteiger partial charge in [-0.25, -0.2) is 4.98 Å². The predicted molar refractivity (Wildman–Crippen MR) is 91.1 cm³/mol. The van der Waals surface area contributed by atoms with Gasteiger partial charge in [0.15, 0.2) is 0 Å². The summed E-state index contributed by atoms with van der Waals surface area (Å²) in [6, 6.07) is 7.18. The Morgan fingerprint density at radius 2 is 2.13 bits per heavy atom. The zero-order chi connectivity index (χ0) is 16.7. The van der Waals surface area contributed by atoms with E-state index < -0.39 is 5.97 Å². The average Bonchev–Trinajstić information content (AvgIpc) is 2.94. The minimum absolute atomic E-state index is 0.0297. The minimum atomic E-state index is -0.819. The van der Waals surface area contributed by atoms with E-state index in [9.17, 15) is 4.79 Å². The van der Waals surface area contributed by atoms with E-state index in [2.05, 4.69) is 4.98 Å². The number of benzene rings is 1. The summed E-state index contributed by atoms with van der Waals surface area (Å²) < 4.78 is 5.66. The summed E-state index contributed by atoms with van der Waals surface area (Å²) in [4.78, 5) is 17.3. The van der Waals surface area contributed by atoms with Crippen molar-refractivity contribution < 1.29 is 14.6 Å². The molecule has 0 bridgehead atoms. The summed E-state index contributed by atoms with van der Waals surface area (Å²) in [5.41, 5.74) is 0.874. The lowest BCUT2D eigenvalue weighted by Gasteiger charge is -2.17. The topological polar surface area (TPSA) is 62.7 Å². The number of thiazole rings is 1. The molecule has 0 spiro atoms. The first kappa shape index (κ1) is 17.7. The maximum Gasteiger partial charge on any atom is 0.317 e. The fraction of sp³-hybridized carbons (Fsp3) is 0.375. The Labute approximate surface area is 144 Å². The van der Waals surface area contributed by atoms with Crippen molar-refractivity contribution in [3.8, 4) is 5.75 Å². The number of carboxylic acids is 1. The summed E-state index contributed by atoms with van der Waals surface area (Å²) in [5.74, 6) is -0.0791. The van der Waals surface area contributed by atoms with E-state index in [4.69, 9.17) is 21.4 Å². The molecule has 0 aliphatic rings. The summed E-state index contributed by atoms with van der Waals surface area (Å²) in [5, 5.41) is 12.4. The molecule has 23 heavy (non-hydrogen) atoms. The van der Waals surface area contributed by atoms with Gasteiger partial charge in [0.1, 0.15) is 17.4 Å². The number of aliphatic carboxylic acids is 1. The van der Waals surface area contributed by atoms with Gasteiger partial charge < -0.3 is 9.84 Å². The van der Waals surface area contributed by atoms with Crippen LogP contribution in [-0.2, 0) is 17.9 Å². The first-order valence-electron chi connectivity index (χ1n) is 7.32. The summed E-state index contributed by atoms with van der Waals surface area (Å²) in [7, 11) is 0. The van der Waals surface area contributed by atoms with Crippen LogP contribution in [0, 0.1) is 0 Å². The van der Waals surface area contributed by atoms with E-state index >= 15 is 0 Å². The Morgan fingerprint density at radius 3 is 2.78 bits per heavy atom. The standard InChI is InChI=1S/C16H19ClN2O3S/c1-2-7-19(9-16(20)21)8-13-11-23-15(18-13)10-22-14-5-3-12(17)4-6-14/h3-6,11H,2,7-10H2,1H3,(H,20,21). The molecule has 0 amide bonds. The van der Waals surface area contributed by atoms with E-state index in [1.54, 1.807) is 12.1 Å². The minimum Gasteiger partial charge on any atom is -0.486 e. The number of nitrogens with zero attached hydrogens (tertiary/aromatic N) is 2. The second-order valence-electron chi connectivity index (χ2n) is 5.08. The van der Waals surface area contributed by atoms with Gasteiger partial charge in [-0.15, -0.1) is 11.3 Å². The number of carbonyl (C=O) groups is 1. The van der Waals surface area contributed by atoms with Crippen molar-refractivity contribution in [2.45, 2.75) is 26.5 Å². The number of rotatable bonds is 9. The smallest absolute Gasteiger partial charge is 0.317 e. The normalized spacial score (nSPS) is 10.9. The Hall–Kier alpha value is -1.63. The molecule has 0 fully saturated rings. The van der Waals surface area contributed by atoms with Crippen molar-refractivity contribution in [3.05, 3.63) is 45.4 Å². The molecule has 1 aromatic heterocycles. The van der Waals surface area contributed by atoms with E-state index in [0.29, 0.717) is 18.2 Å². The molecule has 1 N–H and O–H groups in total. The molecule has 0 radical (unpaired) electrons. The van der Waals surface area contributed by atoms with Crippen molar-refractivity contribution in [1.29, 1.82) is 0 Å². The number of hydrogen-bond acceptors (Lipinski definition) is 5. The van der Waals surface area contributed by atoms with Crippen LogP contribution in [0.3, 0.4) is 0 Å². The second-order valence-corrected chi connectivity index (χ2v) is 6.46. The highest BCUT2D eigenvalue weighted by atomic mass is 35.5. The maximum absolute atomic E-state index is 10.9. The fourth-order valence-electron chi connectivity index (χ4n) is 2.11. The van der Waals surface area contributed by atoms with Crippen LogP contribution in [0.1, 0.15) is 24.0 Å². The number of hydrogen-bond donors (Lipinski definition) is 1. The lowest BCUT2D eigenvalue weighted by Crippen LogP contribution is -2.30. The van der Waals surface area contributed by atoms with E-state index in [0.717, 1.165) is 29.4 Å². The van der Waals surface area contributed by atoms with Gasteiger partial charge >= 0.3 is 5.97 Å². The number of aromatic nitrogens is 1. The zero-order valence-electron chi connectivity index (χ0n) is 12.9. The van der Waals surface area contributed by atoms with E-state index in [1.165, 1.54) is 11.3 Å². The summed E-state index contributed by atoms with van der Waals surface area (Å²) in [6.07, 6.45) is 0.907. The third-order valence-corrected chi connectivity index (χ3v) is 4.18. The largest absolute Gasteiger partial charge is 0.486 e. The van der Waals surface area contributed by atoms with Gasteiger partial charge in [0, 0.05) is 16.9 Å². The molecule has 7 heteroatoms. The lowest BCUT2D eigenvalue weighted by atomic mass is 10.3. The molecule has 0 saturated heterocycles. The molecule has 0 aliphatic heterocycles. The van der Waals surface area contributed by atoms with Gasteiger partial charge in [0.05, 0.1) is 12.2 Å². The first-order valence-corrected chi connectivity index (χ1v) is 8.58. The quantitative estimate of drug-likeness (QED) is 0.744. The average molecular weight is 355 g/mol. The van der Waals surface area contributed by atoms with Crippen LogP contribution in [0.2, 0.25) is 5.02 Å². The Morgan fingerprint density at radius 1 is 1.39 bits per heavy atom. The highest BCUT2D eigenvalue weighted by molar-refractivity contribution is 7.09. The van der Waals surface area contributed by atoms with Gasteiger partial charge in [-0.1, -0.05) is 18.5 Å². The first-order chi connectivity index (χ1) is 11.1. The highest BCUT2D eigenvalue weighted by Gasteiger charge is 2.12. The van der Waals surface area contributed by atoms with E-state index in [-0.39, 0.29) is 6.54 Å². The lowest BCUT2D eigenvalue weighted by molar-refractivity contribution is -0.138. The highest BCUT2D eigenvalue weighted by Crippen LogP contribution is 2.18. The van der Waals surface area contributed by atoms with Crippen LogP contribution in [0.4, 0.5) is 0 Å². The van der Waals surface area contributed by atoms with E-state index in [1.807, 2.05) is 29.3 Å². The third kappa shape index (κ3) is 6.17. The van der Waals surface area contributed by atoms with Crippen LogP contribution >= 0.6 is 22.9 Å². The van der Waals surface area contributed by atoms with Crippen LogP contribution in [0.15, 0.2) is 29.6 Å².